The van der Waals surface area contributed by atoms with Crippen LogP contribution in [0.4, 0.5) is 4.39 Å². The summed E-state index contributed by atoms with van der Waals surface area (Å²) in [5, 5.41) is 11.1. The number of benzene rings is 1. The number of rotatable bonds is 3. The number of thiazole rings is 1. The number of carbonyl (C=O) groups is 1. The molecule has 5 rings (SSSR count). The van der Waals surface area contributed by atoms with Gasteiger partial charge in [-0.15, -0.1) is 11.3 Å². The molecule has 0 saturated heterocycles. The predicted octanol–water partition coefficient (Wildman–Crippen LogP) is 2.94. The average molecular weight is 386 g/mol. The zero-order valence-electron chi connectivity index (χ0n) is 14.6. The second-order valence-corrected chi connectivity index (χ2v) is 8.46. The van der Waals surface area contributed by atoms with Crippen molar-refractivity contribution in [3.63, 3.8) is 0 Å². The lowest BCUT2D eigenvalue weighted by Gasteiger charge is -2.40. The number of nitrogens with one attached hydrogen (secondary N) is 1. The first-order chi connectivity index (χ1) is 13.0. The van der Waals surface area contributed by atoms with Crippen LogP contribution in [0.25, 0.3) is 10.2 Å². The van der Waals surface area contributed by atoms with Gasteiger partial charge < -0.3 is 15.0 Å². The lowest BCUT2D eigenvalue weighted by atomic mass is 9.77. The van der Waals surface area contributed by atoms with E-state index in [2.05, 4.69) is 15.0 Å². The maximum absolute atomic E-state index is 14.1. The number of aromatic amines is 1. The quantitative estimate of drug-likeness (QED) is 0.725. The molecular weight excluding hydrogens is 367 g/mol. The number of fused-ring (bicyclic) bond motifs is 2. The third kappa shape index (κ3) is 2.74. The fourth-order valence-electron chi connectivity index (χ4n) is 3.99. The molecule has 0 bridgehead atoms. The molecular formula is C19H19FN4O2S. The van der Waals surface area contributed by atoms with Crippen LogP contribution in [0.5, 0.6) is 0 Å². The first-order valence-corrected chi connectivity index (χ1v) is 9.95. The number of H-pyrrole nitrogens is 1. The molecule has 3 aromatic rings. The van der Waals surface area contributed by atoms with E-state index in [4.69, 9.17) is 0 Å². The minimum atomic E-state index is -0.882. The second-order valence-electron chi connectivity index (χ2n) is 7.40. The Morgan fingerprint density at radius 1 is 1.44 bits per heavy atom. The van der Waals surface area contributed by atoms with Gasteiger partial charge in [0.2, 0.25) is 5.91 Å². The summed E-state index contributed by atoms with van der Waals surface area (Å²) in [6, 6.07) is 4.43. The van der Waals surface area contributed by atoms with Crippen molar-refractivity contribution >= 4 is 27.5 Å². The largest absolute Gasteiger partial charge is 0.389 e. The van der Waals surface area contributed by atoms with Gasteiger partial charge in [0.05, 0.1) is 28.7 Å². The minimum Gasteiger partial charge on any atom is -0.389 e. The van der Waals surface area contributed by atoms with Crippen LogP contribution < -0.4 is 0 Å². The van der Waals surface area contributed by atoms with Gasteiger partial charge in [0.1, 0.15) is 22.4 Å². The number of hydrogen-bond acceptors (Lipinski definition) is 5. The van der Waals surface area contributed by atoms with E-state index in [0.717, 1.165) is 22.5 Å². The number of aliphatic hydroxyl groups is 1. The van der Waals surface area contributed by atoms with Gasteiger partial charge in [-0.1, -0.05) is 6.07 Å². The summed E-state index contributed by atoms with van der Waals surface area (Å²) in [6.45, 7) is 0.521. The molecule has 0 unspecified atom stereocenters. The first-order valence-electron chi connectivity index (χ1n) is 9.13. The number of hydrogen-bond donors (Lipinski definition) is 2. The summed E-state index contributed by atoms with van der Waals surface area (Å²) in [6.07, 6.45) is 4.69. The van der Waals surface area contributed by atoms with E-state index in [1.54, 1.807) is 17.3 Å². The molecule has 0 spiro atoms. The van der Waals surface area contributed by atoms with Crippen molar-refractivity contribution in [2.45, 2.75) is 43.7 Å². The lowest BCUT2D eigenvalue weighted by Crippen LogP contribution is -2.47. The Kier molecular flexibility index (Phi) is 3.80. The monoisotopic (exact) mass is 386 g/mol. The normalized spacial score (nSPS) is 21.1. The number of aromatic nitrogens is 3. The van der Waals surface area contributed by atoms with E-state index in [1.807, 2.05) is 6.07 Å². The SMILES string of the molecule is O=C(CC1(O)CCC1)N1CCc2[nH]cnc2[C@H]1c1nc2c(F)cccc2s1. The Balaban J connectivity index is 1.56. The molecule has 27 heavy (non-hydrogen) atoms. The van der Waals surface area contributed by atoms with Crippen LogP contribution in [0.1, 0.15) is 48.1 Å². The van der Waals surface area contributed by atoms with E-state index >= 15 is 0 Å². The topological polar surface area (TPSA) is 82.1 Å². The van der Waals surface area contributed by atoms with E-state index in [-0.39, 0.29) is 18.1 Å². The highest BCUT2D eigenvalue weighted by atomic mass is 32.1. The van der Waals surface area contributed by atoms with Gasteiger partial charge >= 0.3 is 0 Å². The molecule has 1 saturated carbocycles. The van der Waals surface area contributed by atoms with E-state index in [0.29, 0.717) is 36.3 Å². The molecule has 6 nitrogen and oxygen atoms in total. The maximum atomic E-state index is 14.1. The molecule has 1 fully saturated rings. The average Bonchev–Trinajstić information content (AvgIpc) is 3.26. The molecule has 1 atom stereocenters. The Morgan fingerprint density at radius 2 is 2.30 bits per heavy atom. The second kappa shape index (κ2) is 6.10. The molecule has 1 aromatic carbocycles. The number of para-hydroxylation sites is 1. The van der Waals surface area contributed by atoms with Crippen molar-refractivity contribution in [3.05, 3.63) is 46.7 Å². The Hall–Kier alpha value is -2.32. The van der Waals surface area contributed by atoms with E-state index in [9.17, 15) is 14.3 Å². The summed E-state index contributed by atoms with van der Waals surface area (Å²) in [4.78, 5) is 26.9. The minimum absolute atomic E-state index is 0.101. The standard InChI is InChI=1S/C19H19FN4O2S/c20-11-3-1-4-13-15(11)23-18(27-13)17-16-12(21-10-22-16)5-8-24(17)14(25)9-19(26)6-2-7-19/h1,3-4,10,17,26H,2,5-9H2,(H,21,22)/t17-/m0/s1. The number of nitrogens with zero attached hydrogens (tertiary/aromatic N) is 3. The maximum Gasteiger partial charge on any atom is 0.226 e. The van der Waals surface area contributed by atoms with Gasteiger partial charge in [-0.05, 0) is 31.4 Å². The van der Waals surface area contributed by atoms with E-state index < -0.39 is 11.6 Å². The summed E-state index contributed by atoms with van der Waals surface area (Å²) in [5.41, 5.74) is 1.18. The molecule has 8 heteroatoms. The van der Waals surface area contributed by atoms with Crippen molar-refractivity contribution in [2.24, 2.45) is 0 Å². The fourth-order valence-corrected chi connectivity index (χ4v) is 5.09. The molecule has 2 aromatic heterocycles. The van der Waals surface area contributed by atoms with Crippen LogP contribution >= 0.6 is 11.3 Å². The lowest BCUT2D eigenvalue weighted by molar-refractivity contribution is -0.142. The van der Waals surface area contributed by atoms with Crippen LogP contribution in [-0.2, 0) is 11.2 Å². The van der Waals surface area contributed by atoms with Crippen molar-refractivity contribution in [1.82, 2.24) is 19.9 Å². The number of halogens is 1. The molecule has 3 heterocycles. The summed E-state index contributed by atoms with van der Waals surface area (Å²) in [7, 11) is 0. The number of amides is 1. The van der Waals surface area contributed by atoms with Crippen molar-refractivity contribution < 1.29 is 14.3 Å². The molecule has 1 amide bonds. The van der Waals surface area contributed by atoms with Gasteiger partial charge in [-0.3, -0.25) is 4.79 Å². The highest BCUT2D eigenvalue weighted by Gasteiger charge is 2.42. The van der Waals surface area contributed by atoms with Crippen LogP contribution in [0.15, 0.2) is 24.5 Å². The van der Waals surface area contributed by atoms with Gasteiger partial charge in [0, 0.05) is 18.7 Å². The predicted molar refractivity (Wildman–Crippen MR) is 98.8 cm³/mol. The van der Waals surface area contributed by atoms with Gasteiger partial charge in [0.25, 0.3) is 0 Å². The smallest absolute Gasteiger partial charge is 0.226 e. The number of imidazole rings is 1. The van der Waals surface area contributed by atoms with Crippen molar-refractivity contribution in [2.75, 3.05) is 6.54 Å². The van der Waals surface area contributed by atoms with Crippen LogP contribution in [0.2, 0.25) is 0 Å². The van der Waals surface area contributed by atoms with Crippen molar-refractivity contribution in [1.29, 1.82) is 0 Å². The Morgan fingerprint density at radius 3 is 3.04 bits per heavy atom. The number of carbonyl (C=O) groups excluding carboxylic acids is 1. The van der Waals surface area contributed by atoms with Gasteiger partial charge in [0.15, 0.2) is 0 Å². The van der Waals surface area contributed by atoms with Crippen LogP contribution in [0, 0.1) is 5.82 Å². The molecule has 2 aliphatic rings. The fraction of sp³-hybridized carbons (Fsp3) is 0.421. The molecule has 140 valence electrons. The summed E-state index contributed by atoms with van der Waals surface area (Å²) in [5.74, 6) is -0.467. The van der Waals surface area contributed by atoms with Gasteiger partial charge in [-0.2, -0.15) is 0 Å². The first kappa shape index (κ1) is 16.8. The molecule has 1 aliphatic heterocycles. The highest BCUT2D eigenvalue weighted by molar-refractivity contribution is 7.18. The highest BCUT2D eigenvalue weighted by Crippen LogP contribution is 2.40. The Bertz CT molecular complexity index is 1030. The summed E-state index contributed by atoms with van der Waals surface area (Å²) >= 11 is 1.38. The molecule has 2 N–H and O–H groups in total. The van der Waals surface area contributed by atoms with Crippen LogP contribution in [-0.4, -0.2) is 43.0 Å². The van der Waals surface area contributed by atoms with Crippen molar-refractivity contribution in [3.8, 4) is 0 Å². The summed E-state index contributed by atoms with van der Waals surface area (Å²) < 4.78 is 14.9. The Labute approximate surface area is 159 Å². The zero-order chi connectivity index (χ0) is 18.6. The zero-order valence-corrected chi connectivity index (χ0v) is 15.4. The molecule has 1 aliphatic carbocycles. The van der Waals surface area contributed by atoms with Crippen LogP contribution in [0.3, 0.4) is 0 Å². The third-order valence-corrected chi connectivity index (χ3v) is 6.70. The third-order valence-electron chi connectivity index (χ3n) is 5.63. The van der Waals surface area contributed by atoms with E-state index in [1.165, 1.54) is 17.4 Å². The van der Waals surface area contributed by atoms with Gasteiger partial charge in [-0.25, -0.2) is 14.4 Å². The molecule has 0 radical (unpaired) electrons.